The van der Waals surface area contributed by atoms with E-state index in [0.29, 0.717) is 27.4 Å². The number of nitrogens with zero attached hydrogens (tertiary/aromatic N) is 3. The molecule has 0 spiro atoms. The highest BCUT2D eigenvalue weighted by Crippen LogP contribution is 2.32. The molecule has 0 aliphatic heterocycles. The van der Waals surface area contributed by atoms with Crippen molar-refractivity contribution in [2.75, 3.05) is 18.9 Å². The highest BCUT2D eigenvalue weighted by atomic mass is 35.5. The molecule has 2 aromatic heterocycles. The van der Waals surface area contributed by atoms with Crippen LogP contribution in [-0.2, 0) is 11.3 Å². The normalized spacial score (nSPS) is 10.4. The molecule has 7 nitrogen and oxygen atoms in total. The molecule has 0 aliphatic rings. The summed E-state index contributed by atoms with van der Waals surface area (Å²) in [5, 5.41) is 8.70. The molecule has 2 N–H and O–H groups in total. The van der Waals surface area contributed by atoms with E-state index in [9.17, 15) is 9.59 Å². The smallest absolute Gasteiger partial charge is 0.273 e. The number of benzene rings is 1. The number of aromatic nitrogens is 2. The van der Waals surface area contributed by atoms with Crippen LogP contribution < -0.4 is 10.6 Å². The Morgan fingerprint density at radius 3 is 2.79 bits per heavy atom. The first-order valence-corrected chi connectivity index (χ1v) is 10.1. The van der Waals surface area contributed by atoms with Crippen LogP contribution >= 0.6 is 34.5 Å². The largest absolute Gasteiger partial charge is 0.350 e. The molecule has 10 heteroatoms. The molecular formula is C19H17Cl2N5O2S. The van der Waals surface area contributed by atoms with Gasteiger partial charge in [0.1, 0.15) is 5.69 Å². The summed E-state index contributed by atoms with van der Waals surface area (Å²) in [6.45, 7) is 0.263. The van der Waals surface area contributed by atoms with Gasteiger partial charge >= 0.3 is 0 Å². The Morgan fingerprint density at radius 2 is 2.03 bits per heavy atom. The average molecular weight is 450 g/mol. The van der Waals surface area contributed by atoms with Crippen LogP contribution in [0.15, 0.2) is 48.1 Å². The summed E-state index contributed by atoms with van der Waals surface area (Å²) in [6, 6.07) is 8.85. The van der Waals surface area contributed by atoms with Crippen molar-refractivity contribution < 1.29 is 9.59 Å². The quantitative estimate of drug-likeness (QED) is 0.569. The number of carbonyl (C=O) groups excluding carboxylic acids is 2. The molecule has 0 bridgehead atoms. The number of carbonyl (C=O) groups is 2. The van der Waals surface area contributed by atoms with Crippen molar-refractivity contribution in [1.82, 2.24) is 20.2 Å². The van der Waals surface area contributed by atoms with Gasteiger partial charge in [0.15, 0.2) is 5.13 Å². The van der Waals surface area contributed by atoms with Gasteiger partial charge in [-0.05, 0) is 23.8 Å². The molecule has 0 fully saturated rings. The summed E-state index contributed by atoms with van der Waals surface area (Å²) in [4.78, 5) is 34.2. The molecule has 3 aromatic rings. The lowest BCUT2D eigenvalue weighted by atomic mass is 10.3. The molecule has 2 amide bonds. The summed E-state index contributed by atoms with van der Waals surface area (Å²) in [7, 11) is 1.55. The number of nitrogens with one attached hydrogen (secondary N) is 2. The van der Waals surface area contributed by atoms with Crippen molar-refractivity contribution in [2.24, 2.45) is 0 Å². The minimum atomic E-state index is -0.358. The van der Waals surface area contributed by atoms with Crippen LogP contribution in [0.4, 0.5) is 10.8 Å². The first kappa shape index (κ1) is 21.0. The zero-order valence-corrected chi connectivity index (χ0v) is 17.7. The molecule has 150 valence electrons. The van der Waals surface area contributed by atoms with Crippen molar-refractivity contribution in [3.8, 4) is 0 Å². The van der Waals surface area contributed by atoms with Gasteiger partial charge in [0.2, 0.25) is 5.91 Å². The van der Waals surface area contributed by atoms with E-state index >= 15 is 0 Å². The maximum Gasteiger partial charge on any atom is 0.273 e. The van der Waals surface area contributed by atoms with Gasteiger partial charge in [0, 0.05) is 31.4 Å². The lowest BCUT2D eigenvalue weighted by Gasteiger charge is -2.15. The summed E-state index contributed by atoms with van der Waals surface area (Å²) < 4.78 is 0. The molecule has 0 atom stereocenters. The zero-order chi connectivity index (χ0) is 20.8. The molecule has 1 aromatic carbocycles. The third kappa shape index (κ3) is 5.66. The SMILES string of the molecule is CN(CC(=O)NCc1cccnc1)C(=O)c1csc(Nc2cccc(Cl)c2Cl)n1. The highest BCUT2D eigenvalue weighted by Gasteiger charge is 2.18. The number of halogens is 2. The summed E-state index contributed by atoms with van der Waals surface area (Å²) in [5.74, 6) is -0.632. The van der Waals surface area contributed by atoms with E-state index in [1.54, 1.807) is 49.1 Å². The van der Waals surface area contributed by atoms with Crippen LogP contribution in [0, 0.1) is 0 Å². The fourth-order valence-corrected chi connectivity index (χ4v) is 3.43. The Hall–Kier alpha value is -2.68. The lowest BCUT2D eigenvalue weighted by Crippen LogP contribution is -2.38. The number of hydrogen-bond donors (Lipinski definition) is 2. The zero-order valence-electron chi connectivity index (χ0n) is 15.4. The number of anilines is 2. The van der Waals surface area contributed by atoms with E-state index in [-0.39, 0.29) is 24.1 Å². The van der Waals surface area contributed by atoms with Gasteiger partial charge in [-0.15, -0.1) is 11.3 Å². The van der Waals surface area contributed by atoms with Crippen LogP contribution in [0.1, 0.15) is 16.1 Å². The number of thiazole rings is 1. The second kappa shape index (κ2) is 9.69. The number of pyridine rings is 1. The van der Waals surface area contributed by atoms with Crippen molar-refractivity contribution in [3.05, 3.63) is 69.4 Å². The molecule has 3 rings (SSSR count). The van der Waals surface area contributed by atoms with Crippen LogP contribution in [0.5, 0.6) is 0 Å². The second-order valence-corrected chi connectivity index (χ2v) is 7.71. The summed E-state index contributed by atoms with van der Waals surface area (Å²) in [5.41, 5.74) is 1.71. The minimum absolute atomic E-state index is 0.0838. The van der Waals surface area contributed by atoms with Gasteiger partial charge < -0.3 is 15.5 Å². The second-order valence-electron chi connectivity index (χ2n) is 6.06. The lowest BCUT2D eigenvalue weighted by molar-refractivity contribution is -0.121. The first-order chi connectivity index (χ1) is 13.9. The molecule has 0 unspecified atom stereocenters. The Kier molecular flexibility index (Phi) is 7.03. The minimum Gasteiger partial charge on any atom is -0.350 e. The van der Waals surface area contributed by atoms with Gasteiger partial charge in [0.25, 0.3) is 5.91 Å². The van der Waals surface area contributed by atoms with Gasteiger partial charge in [0.05, 0.1) is 22.3 Å². The Labute approximate surface area is 181 Å². The molecule has 29 heavy (non-hydrogen) atoms. The summed E-state index contributed by atoms with van der Waals surface area (Å²) in [6.07, 6.45) is 3.33. The average Bonchev–Trinajstić information content (AvgIpc) is 3.18. The maximum atomic E-state index is 12.5. The third-order valence-corrected chi connectivity index (χ3v) is 5.43. The van der Waals surface area contributed by atoms with E-state index in [4.69, 9.17) is 23.2 Å². The van der Waals surface area contributed by atoms with Crippen molar-refractivity contribution in [3.63, 3.8) is 0 Å². The molecule has 2 heterocycles. The van der Waals surface area contributed by atoms with Crippen molar-refractivity contribution in [2.45, 2.75) is 6.54 Å². The fourth-order valence-electron chi connectivity index (χ4n) is 2.39. The predicted molar refractivity (Wildman–Crippen MR) is 115 cm³/mol. The van der Waals surface area contributed by atoms with Crippen LogP contribution in [0.25, 0.3) is 0 Å². The topological polar surface area (TPSA) is 87.2 Å². The van der Waals surface area contributed by atoms with Gasteiger partial charge in [-0.3, -0.25) is 14.6 Å². The molecule has 0 saturated carbocycles. The predicted octanol–water partition coefficient (Wildman–Crippen LogP) is 3.98. The number of hydrogen-bond acceptors (Lipinski definition) is 6. The summed E-state index contributed by atoms with van der Waals surface area (Å²) >= 11 is 13.4. The van der Waals surface area contributed by atoms with Gasteiger partial charge in [-0.1, -0.05) is 35.3 Å². The van der Waals surface area contributed by atoms with Crippen LogP contribution in [-0.4, -0.2) is 40.3 Å². The van der Waals surface area contributed by atoms with E-state index in [2.05, 4.69) is 20.6 Å². The Morgan fingerprint density at radius 1 is 1.21 bits per heavy atom. The van der Waals surface area contributed by atoms with Gasteiger partial charge in [-0.2, -0.15) is 0 Å². The number of likely N-dealkylation sites (N-methyl/N-ethyl adjacent to an activating group) is 1. The molecular weight excluding hydrogens is 433 g/mol. The molecule has 0 radical (unpaired) electrons. The van der Waals surface area contributed by atoms with Crippen LogP contribution in [0.3, 0.4) is 0 Å². The van der Waals surface area contributed by atoms with E-state index in [1.165, 1.54) is 16.2 Å². The molecule has 0 aliphatic carbocycles. The monoisotopic (exact) mass is 449 g/mol. The fraction of sp³-hybridized carbons (Fsp3) is 0.158. The number of rotatable bonds is 7. The first-order valence-electron chi connectivity index (χ1n) is 8.51. The van der Waals surface area contributed by atoms with Crippen LogP contribution in [0.2, 0.25) is 10.0 Å². The molecule has 0 saturated heterocycles. The van der Waals surface area contributed by atoms with Crippen molar-refractivity contribution in [1.29, 1.82) is 0 Å². The Bertz CT molecular complexity index is 1010. The van der Waals surface area contributed by atoms with Gasteiger partial charge in [-0.25, -0.2) is 4.98 Å². The van der Waals surface area contributed by atoms with E-state index < -0.39 is 0 Å². The van der Waals surface area contributed by atoms with E-state index in [1.807, 2.05) is 6.07 Å². The maximum absolute atomic E-state index is 12.5. The van der Waals surface area contributed by atoms with E-state index in [0.717, 1.165) is 5.56 Å². The highest BCUT2D eigenvalue weighted by molar-refractivity contribution is 7.14. The Balaban J connectivity index is 1.56. The standard InChI is InChI=1S/C19H17Cl2N5O2S/c1-26(10-16(27)23-9-12-4-3-7-22-8-12)18(28)15-11-29-19(25-15)24-14-6-2-5-13(20)17(14)21/h2-8,11H,9-10H2,1H3,(H,23,27)(H,24,25). The van der Waals surface area contributed by atoms with Crippen molar-refractivity contribution >= 4 is 57.2 Å². The third-order valence-electron chi connectivity index (χ3n) is 3.86. The number of amides is 2.